The highest BCUT2D eigenvalue weighted by Crippen LogP contribution is 2.19. The Bertz CT molecular complexity index is 938. The van der Waals surface area contributed by atoms with Crippen molar-refractivity contribution in [1.82, 2.24) is 14.0 Å². The van der Waals surface area contributed by atoms with E-state index in [1.54, 1.807) is 0 Å². The number of imidazole rings is 1. The molecule has 0 spiro atoms. The van der Waals surface area contributed by atoms with E-state index in [4.69, 9.17) is 5.41 Å². The number of aliphatic hydroxyl groups excluding tert-OH is 1. The quantitative estimate of drug-likeness (QED) is 0.706. The van der Waals surface area contributed by atoms with E-state index >= 15 is 0 Å². The van der Waals surface area contributed by atoms with Crippen molar-refractivity contribution in [2.75, 3.05) is 19.6 Å². The number of para-hydroxylation sites is 2. The number of rotatable bonds is 6. The first-order valence-electron chi connectivity index (χ1n) is 9.92. The average Bonchev–Trinajstić information content (AvgIpc) is 2.99. The van der Waals surface area contributed by atoms with E-state index in [1.165, 1.54) is 32.4 Å². The number of fused-ring (bicyclic) bond motifs is 1. The Morgan fingerprint density at radius 1 is 0.815 bits per heavy atom. The second-order valence-corrected chi connectivity index (χ2v) is 7.40. The molecule has 0 aliphatic carbocycles. The monoisotopic (exact) mass is 364 g/mol. The lowest BCUT2D eigenvalue weighted by Gasteiger charge is -2.26. The van der Waals surface area contributed by atoms with E-state index in [0.29, 0.717) is 12.2 Å². The van der Waals surface area contributed by atoms with Gasteiger partial charge in [0.15, 0.2) is 0 Å². The highest BCUT2D eigenvalue weighted by atomic mass is 16.3. The topological polar surface area (TPSA) is 57.2 Å². The summed E-state index contributed by atoms with van der Waals surface area (Å²) in [4.78, 5) is 2.50. The average molecular weight is 364 g/mol. The minimum absolute atomic E-state index is 0.389. The first kappa shape index (κ1) is 18.0. The van der Waals surface area contributed by atoms with Crippen LogP contribution in [0.5, 0.6) is 0 Å². The zero-order chi connectivity index (χ0) is 18.6. The summed E-state index contributed by atoms with van der Waals surface area (Å²) >= 11 is 0. The van der Waals surface area contributed by atoms with Gasteiger partial charge in [0, 0.05) is 13.1 Å². The third-order valence-corrected chi connectivity index (χ3v) is 5.60. The van der Waals surface area contributed by atoms with Crippen LogP contribution in [0.4, 0.5) is 0 Å². The molecule has 1 aromatic heterocycles. The fourth-order valence-electron chi connectivity index (χ4n) is 4.08. The molecule has 2 heterocycles. The van der Waals surface area contributed by atoms with E-state index in [9.17, 15) is 5.11 Å². The minimum Gasteiger partial charge on any atom is -0.387 e. The van der Waals surface area contributed by atoms with Gasteiger partial charge < -0.3 is 19.1 Å². The molecule has 5 heteroatoms. The van der Waals surface area contributed by atoms with Crippen molar-refractivity contribution >= 4 is 11.0 Å². The molecule has 4 rings (SSSR count). The van der Waals surface area contributed by atoms with Crippen LogP contribution in [-0.2, 0) is 13.1 Å². The van der Waals surface area contributed by atoms with Gasteiger partial charge in [0.2, 0.25) is 5.62 Å². The third kappa shape index (κ3) is 3.84. The van der Waals surface area contributed by atoms with E-state index in [-0.39, 0.29) is 0 Å². The molecule has 1 atom stereocenters. The first-order chi connectivity index (χ1) is 13.2. The second-order valence-electron chi connectivity index (χ2n) is 7.40. The van der Waals surface area contributed by atoms with Gasteiger partial charge in [0.25, 0.3) is 0 Å². The number of hydrogen-bond acceptors (Lipinski definition) is 3. The first-order valence-corrected chi connectivity index (χ1v) is 9.92. The molecule has 0 radical (unpaired) electrons. The summed E-state index contributed by atoms with van der Waals surface area (Å²) in [5.41, 5.74) is 3.42. The summed E-state index contributed by atoms with van der Waals surface area (Å²) in [6.07, 6.45) is 3.28. The van der Waals surface area contributed by atoms with Gasteiger partial charge in [-0.3, -0.25) is 5.41 Å². The van der Waals surface area contributed by atoms with E-state index in [1.807, 2.05) is 53.1 Å². The standard InChI is InChI=1S/C22H28N4O/c23-22-25(16-15-24-13-7-2-8-14-24)19-11-5-6-12-20(19)26(22)17-21(27)18-9-3-1-4-10-18/h1,3-6,9-12,21,23,27H,2,7-8,13-17H2. The summed E-state index contributed by atoms with van der Waals surface area (Å²) in [7, 11) is 0. The summed E-state index contributed by atoms with van der Waals surface area (Å²) in [6.45, 7) is 4.51. The molecule has 142 valence electrons. The van der Waals surface area contributed by atoms with Crippen molar-refractivity contribution in [3.8, 4) is 0 Å². The molecule has 3 aromatic rings. The lowest BCUT2D eigenvalue weighted by atomic mass is 10.1. The number of piperidine rings is 1. The summed E-state index contributed by atoms with van der Waals surface area (Å²) in [6, 6.07) is 17.8. The molecule has 1 unspecified atom stereocenters. The lowest BCUT2D eigenvalue weighted by Crippen LogP contribution is -2.35. The van der Waals surface area contributed by atoms with E-state index < -0.39 is 6.10 Å². The third-order valence-electron chi connectivity index (χ3n) is 5.60. The summed E-state index contributed by atoms with van der Waals surface area (Å²) in [5, 5.41) is 19.4. The van der Waals surface area contributed by atoms with Gasteiger partial charge in [-0.25, -0.2) is 0 Å². The van der Waals surface area contributed by atoms with E-state index in [2.05, 4.69) is 15.5 Å². The molecular formula is C22H28N4O. The number of aromatic nitrogens is 2. The predicted molar refractivity (Wildman–Crippen MR) is 107 cm³/mol. The zero-order valence-corrected chi connectivity index (χ0v) is 15.7. The Morgan fingerprint density at radius 2 is 1.44 bits per heavy atom. The van der Waals surface area contributed by atoms with Gasteiger partial charge in [-0.15, -0.1) is 0 Å². The Hall–Kier alpha value is -2.37. The fourth-order valence-corrected chi connectivity index (χ4v) is 4.08. The van der Waals surface area contributed by atoms with E-state index in [0.717, 1.165) is 29.7 Å². The van der Waals surface area contributed by atoms with Crippen LogP contribution in [-0.4, -0.2) is 38.8 Å². The van der Waals surface area contributed by atoms with Crippen molar-refractivity contribution in [3.63, 3.8) is 0 Å². The van der Waals surface area contributed by atoms with Crippen LogP contribution in [0.2, 0.25) is 0 Å². The normalized spacial score (nSPS) is 16.6. The Labute approximate surface area is 160 Å². The Balaban J connectivity index is 1.61. The molecule has 0 saturated carbocycles. The maximum Gasteiger partial charge on any atom is 0.203 e. The number of benzene rings is 2. The molecule has 1 aliphatic heterocycles. The smallest absolute Gasteiger partial charge is 0.203 e. The number of nitrogens with one attached hydrogen (secondary N) is 1. The SMILES string of the molecule is N=c1n(CCN2CCCCC2)c2ccccc2n1CC(O)c1ccccc1. The molecule has 0 bridgehead atoms. The van der Waals surface area contributed by atoms with Gasteiger partial charge in [-0.2, -0.15) is 0 Å². The number of likely N-dealkylation sites (tertiary alicyclic amines) is 1. The van der Waals surface area contributed by atoms with Gasteiger partial charge in [-0.05, 0) is 43.6 Å². The summed E-state index contributed by atoms with van der Waals surface area (Å²) < 4.78 is 4.02. The zero-order valence-electron chi connectivity index (χ0n) is 15.7. The molecular weight excluding hydrogens is 336 g/mol. The molecule has 1 aliphatic rings. The van der Waals surface area contributed by atoms with Crippen molar-refractivity contribution in [1.29, 1.82) is 5.41 Å². The molecule has 1 saturated heterocycles. The van der Waals surface area contributed by atoms with Crippen molar-refractivity contribution in [2.24, 2.45) is 0 Å². The molecule has 0 amide bonds. The highest BCUT2D eigenvalue weighted by molar-refractivity contribution is 5.75. The second kappa shape index (κ2) is 8.11. The van der Waals surface area contributed by atoms with Crippen LogP contribution in [0, 0.1) is 5.41 Å². The molecule has 1 fully saturated rings. The highest BCUT2D eigenvalue weighted by Gasteiger charge is 2.16. The Kier molecular flexibility index (Phi) is 5.41. The van der Waals surface area contributed by atoms with Gasteiger partial charge in [0.1, 0.15) is 0 Å². The van der Waals surface area contributed by atoms with Gasteiger partial charge in [0.05, 0.1) is 23.7 Å². The Morgan fingerprint density at radius 3 is 2.15 bits per heavy atom. The van der Waals surface area contributed by atoms with Crippen LogP contribution in [0.15, 0.2) is 54.6 Å². The van der Waals surface area contributed by atoms with Crippen LogP contribution in [0.3, 0.4) is 0 Å². The fraction of sp³-hybridized carbons (Fsp3) is 0.409. The van der Waals surface area contributed by atoms with Crippen molar-refractivity contribution in [2.45, 2.75) is 38.5 Å². The van der Waals surface area contributed by atoms with Crippen LogP contribution in [0.25, 0.3) is 11.0 Å². The van der Waals surface area contributed by atoms with Gasteiger partial charge in [-0.1, -0.05) is 48.9 Å². The minimum atomic E-state index is -0.623. The largest absolute Gasteiger partial charge is 0.387 e. The van der Waals surface area contributed by atoms with Crippen molar-refractivity contribution < 1.29 is 5.11 Å². The molecule has 2 N–H and O–H groups in total. The van der Waals surface area contributed by atoms with Crippen LogP contribution in [0.1, 0.15) is 30.9 Å². The number of nitrogens with zero attached hydrogens (tertiary/aromatic N) is 3. The molecule has 2 aromatic carbocycles. The van der Waals surface area contributed by atoms with Gasteiger partial charge >= 0.3 is 0 Å². The van der Waals surface area contributed by atoms with Crippen LogP contribution >= 0.6 is 0 Å². The number of hydrogen-bond donors (Lipinski definition) is 2. The maximum absolute atomic E-state index is 10.7. The number of aliphatic hydroxyl groups is 1. The summed E-state index contributed by atoms with van der Waals surface area (Å²) in [5.74, 6) is 0. The predicted octanol–water partition coefficient (Wildman–Crippen LogP) is 3.14. The van der Waals surface area contributed by atoms with Crippen LogP contribution < -0.4 is 5.62 Å². The lowest BCUT2D eigenvalue weighted by molar-refractivity contribution is 0.155. The van der Waals surface area contributed by atoms with Crippen molar-refractivity contribution in [3.05, 3.63) is 65.8 Å². The maximum atomic E-state index is 10.7. The molecule has 27 heavy (non-hydrogen) atoms. The molecule has 5 nitrogen and oxygen atoms in total.